The van der Waals surface area contributed by atoms with E-state index in [-0.39, 0.29) is 0 Å². The quantitative estimate of drug-likeness (QED) is 0.754. The van der Waals surface area contributed by atoms with E-state index in [0.29, 0.717) is 0 Å². The van der Waals surface area contributed by atoms with Gasteiger partial charge < -0.3 is 5.32 Å². The van der Waals surface area contributed by atoms with Gasteiger partial charge in [-0.05, 0) is 55.9 Å². The Balaban J connectivity index is 1.88. The molecule has 2 fully saturated rings. The van der Waals surface area contributed by atoms with Crippen LogP contribution < -0.4 is 5.32 Å². The van der Waals surface area contributed by atoms with Crippen LogP contribution in [0.1, 0.15) is 65.7 Å². The predicted octanol–water partition coefficient (Wildman–Crippen LogP) is 4.23. The minimum Gasteiger partial charge on any atom is -0.314 e. The maximum absolute atomic E-state index is 3.79. The summed E-state index contributed by atoms with van der Waals surface area (Å²) in [5, 5.41) is 3.79. The molecule has 1 N–H and O–H groups in total. The van der Waals surface area contributed by atoms with Crippen molar-refractivity contribution in [2.75, 3.05) is 6.54 Å². The molecule has 0 aromatic heterocycles. The normalized spacial score (nSPS) is 36.5. The van der Waals surface area contributed by atoms with E-state index in [1.54, 1.807) is 0 Å². The van der Waals surface area contributed by atoms with Crippen molar-refractivity contribution in [2.45, 2.75) is 71.8 Å². The van der Waals surface area contributed by atoms with Gasteiger partial charge in [0.25, 0.3) is 0 Å². The highest BCUT2D eigenvalue weighted by Gasteiger charge is 2.32. The zero-order valence-corrected chi connectivity index (χ0v) is 12.0. The molecule has 2 aliphatic carbocycles. The second kappa shape index (κ2) is 6.22. The molecule has 0 aromatic carbocycles. The Morgan fingerprint density at radius 1 is 1.06 bits per heavy atom. The molecule has 0 bridgehead atoms. The topological polar surface area (TPSA) is 12.0 Å². The van der Waals surface area contributed by atoms with Crippen LogP contribution >= 0.6 is 0 Å². The molecule has 100 valence electrons. The van der Waals surface area contributed by atoms with E-state index in [4.69, 9.17) is 0 Å². The summed E-state index contributed by atoms with van der Waals surface area (Å²) in [5.74, 6) is 3.90. The second-order valence-electron chi connectivity index (χ2n) is 6.87. The first-order valence-electron chi connectivity index (χ1n) is 7.92. The third-order valence-corrected chi connectivity index (χ3v) is 5.06. The summed E-state index contributed by atoms with van der Waals surface area (Å²) in [6.45, 7) is 8.32. The molecular formula is C16H31N. The van der Waals surface area contributed by atoms with Crippen LogP contribution in [0.5, 0.6) is 0 Å². The summed E-state index contributed by atoms with van der Waals surface area (Å²) < 4.78 is 0. The average molecular weight is 237 g/mol. The smallest absolute Gasteiger partial charge is 0.00980 e. The predicted molar refractivity (Wildman–Crippen MR) is 75.1 cm³/mol. The van der Waals surface area contributed by atoms with Crippen LogP contribution in [0.25, 0.3) is 0 Å². The van der Waals surface area contributed by atoms with E-state index in [0.717, 1.165) is 36.3 Å². The third-order valence-electron chi connectivity index (χ3n) is 5.06. The van der Waals surface area contributed by atoms with Gasteiger partial charge in [-0.25, -0.2) is 0 Å². The summed E-state index contributed by atoms with van der Waals surface area (Å²) in [4.78, 5) is 0. The second-order valence-corrected chi connectivity index (χ2v) is 6.87. The molecule has 2 aliphatic rings. The lowest BCUT2D eigenvalue weighted by Gasteiger charge is -2.39. The fourth-order valence-corrected chi connectivity index (χ4v) is 4.13. The van der Waals surface area contributed by atoms with Gasteiger partial charge in [-0.3, -0.25) is 0 Å². The van der Waals surface area contributed by atoms with Crippen LogP contribution in [-0.2, 0) is 0 Å². The maximum Gasteiger partial charge on any atom is 0.00980 e. The van der Waals surface area contributed by atoms with Crippen molar-refractivity contribution in [2.24, 2.45) is 23.7 Å². The van der Waals surface area contributed by atoms with E-state index in [1.165, 1.54) is 44.9 Å². The molecule has 0 heterocycles. The molecule has 0 saturated heterocycles. The van der Waals surface area contributed by atoms with Crippen molar-refractivity contribution in [3.05, 3.63) is 0 Å². The van der Waals surface area contributed by atoms with Crippen LogP contribution in [0, 0.1) is 23.7 Å². The fourth-order valence-electron chi connectivity index (χ4n) is 4.13. The molecule has 2 rings (SSSR count). The summed E-state index contributed by atoms with van der Waals surface area (Å²) in [6, 6.07) is 0.815. The number of rotatable bonds is 5. The zero-order chi connectivity index (χ0) is 12.3. The van der Waals surface area contributed by atoms with Crippen LogP contribution in [0.4, 0.5) is 0 Å². The Morgan fingerprint density at radius 3 is 2.18 bits per heavy atom. The standard InChI is InChI=1S/C16H31N/c1-4-17-16(11-14-6-5-7-14)15-9-12(2)8-13(3)10-15/h12-17H,4-11H2,1-3H3. The fraction of sp³-hybridized carbons (Fsp3) is 1.00. The lowest BCUT2D eigenvalue weighted by molar-refractivity contribution is 0.145. The van der Waals surface area contributed by atoms with E-state index in [2.05, 4.69) is 26.1 Å². The highest BCUT2D eigenvalue weighted by Crippen LogP contribution is 2.39. The Kier molecular flexibility index (Phi) is 4.90. The van der Waals surface area contributed by atoms with E-state index in [9.17, 15) is 0 Å². The van der Waals surface area contributed by atoms with Gasteiger partial charge in [-0.2, -0.15) is 0 Å². The van der Waals surface area contributed by atoms with Crippen LogP contribution in [0.15, 0.2) is 0 Å². The summed E-state index contributed by atoms with van der Waals surface area (Å²) in [6.07, 6.45) is 10.3. The third kappa shape index (κ3) is 3.71. The Hall–Kier alpha value is -0.0400. The Bertz CT molecular complexity index is 212. The minimum absolute atomic E-state index is 0.815. The monoisotopic (exact) mass is 237 g/mol. The maximum atomic E-state index is 3.79. The first-order valence-corrected chi connectivity index (χ1v) is 7.92. The molecule has 0 radical (unpaired) electrons. The summed E-state index contributed by atoms with van der Waals surface area (Å²) in [7, 11) is 0. The van der Waals surface area contributed by atoms with Gasteiger partial charge in [0.2, 0.25) is 0 Å². The molecule has 2 saturated carbocycles. The van der Waals surface area contributed by atoms with Gasteiger partial charge in [0.15, 0.2) is 0 Å². The van der Waals surface area contributed by atoms with Gasteiger partial charge in [-0.15, -0.1) is 0 Å². The van der Waals surface area contributed by atoms with Crippen LogP contribution in [0.3, 0.4) is 0 Å². The molecule has 0 aliphatic heterocycles. The summed E-state index contributed by atoms with van der Waals surface area (Å²) >= 11 is 0. The first kappa shape index (κ1) is 13.4. The van der Waals surface area contributed by atoms with Crippen molar-refractivity contribution in [1.82, 2.24) is 5.32 Å². The number of hydrogen-bond acceptors (Lipinski definition) is 1. The molecule has 17 heavy (non-hydrogen) atoms. The highest BCUT2D eigenvalue weighted by atomic mass is 14.9. The van der Waals surface area contributed by atoms with Crippen molar-refractivity contribution >= 4 is 0 Å². The molecule has 3 unspecified atom stereocenters. The van der Waals surface area contributed by atoms with Crippen molar-refractivity contribution in [3.8, 4) is 0 Å². The van der Waals surface area contributed by atoms with Gasteiger partial charge in [-0.1, -0.05) is 40.0 Å². The van der Waals surface area contributed by atoms with E-state index >= 15 is 0 Å². The minimum atomic E-state index is 0.815. The number of hydrogen-bond donors (Lipinski definition) is 1. The SMILES string of the molecule is CCNC(CC1CCC1)C1CC(C)CC(C)C1. The van der Waals surface area contributed by atoms with Crippen molar-refractivity contribution in [3.63, 3.8) is 0 Å². The van der Waals surface area contributed by atoms with Gasteiger partial charge >= 0.3 is 0 Å². The Labute approximate surface area is 108 Å². The van der Waals surface area contributed by atoms with Gasteiger partial charge in [0.1, 0.15) is 0 Å². The highest BCUT2D eigenvalue weighted by molar-refractivity contribution is 4.86. The molecule has 0 amide bonds. The average Bonchev–Trinajstić information content (AvgIpc) is 2.20. The zero-order valence-electron chi connectivity index (χ0n) is 12.0. The lowest BCUT2D eigenvalue weighted by Crippen LogP contribution is -2.41. The number of nitrogens with one attached hydrogen (secondary N) is 1. The molecule has 0 aromatic rings. The van der Waals surface area contributed by atoms with Crippen molar-refractivity contribution in [1.29, 1.82) is 0 Å². The molecule has 1 nitrogen and oxygen atoms in total. The first-order chi connectivity index (χ1) is 8.19. The molecule has 1 heteroatoms. The largest absolute Gasteiger partial charge is 0.314 e. The Morgan fingerprint density at radius 2 is 1.71 bits per heavy atom. The van der Waals surface area contributed by atoms with Gasteiger partial charge in [0, 0.05) is 6.04 Å². The van der Waals surface area contributed by atoms with E-state index < -0.39 is 0 Å². The van der Waals surface area contributed by atoms with E-state index in [1.807, 2.05) is 0 Å². The molecule has 0 spiro atoms. The van der Waals surface area contributed by atoms with Crippen molar-refractivity contribution < 1.29 is 0 Å². The molecular weight excluding hydrogens is 206 g/mol. The van der Waals surface area contributed by atoms with Gasteiger partial charge in [0.05, 0.1) is 0 Å². The lowest BCUT2D eigenvalue weighted by atomic mass is 9.70. The summed E-state index contributed by atoms with van der Waals surface area (Å²) in [5.41, 5.74) is 0. The van der Waals surface area contributed by atoms with Crippen LogP contribution in [0.2, 0.25) is 0 Å². The van der Waals surface area contributed by atoms with Crippen LogP contribution in [-0.4, -0.2) is 12.6 Å². The molecule has 3 atom stereocenters.